The van der Waals surface area contributed by atoms with Crippen molar-refractivity contribution in [3.05, 3.63) is 267 Å². The molecule has 0 aliphatic heterocycles. The Morgan fingerprint density at radius 2 is 0.589 bits per heavy atom. The summed E-state index contributed by atoms with van der Waals surface area (Å²) in [7, 11) is 0. The molecule has 0 radical (unpaired) electrons. The summed E-state index contributed by atoms with van der Waals surface area (Å²) in [4.78, 5) is 4.80. The quantitative estimate of drug-likeness (QED) is 0.151. The summed E-state index contributed by atoms with van der Waals surface area (Å²) in [6.07, 6.45) is 0. The molecule has 0 unspecified atom stereocenters. The third-order valence-electron chi connectivity index (χ3n) is 14.8. The molecule has 0 aliphatic carbocycles. The monoisotopic (exact) mass is 948 g/mol. The average molecular weight is 949 g/mol. The van der Waals surface area contributed by atoms with Gasteiger partial charge in [0.05, 0.1) is 22.1 Å². The van der Waals surface area contributed by atoms with Crippen LogP contribution in [0.4, 0.5) is 34.1 Å². The van der Waals surface area contributed by atoms with Crippen molar-refractivity contribution in [2.24, 2.45) is 0 Å². The Balaban J connectivity index is 1.01. The Kier molecular flexibility index (Phi) is 9.41. The minimum atomic E-state index is 1.11. The number of hydrogen-bond donors (Lipinski definition) is 0. The average Bonchev–Trinajstić information content (AvgIpc) is 4.13. The van der Waals surface area contributed by atoms with Crippen LogP contribution in [0.2, 0.25) is 0 Å². The topological polar surface area (TPSA) is 16.3 Å². The number of thiophene rings is 1. The van der Waals surface area contributed by atoms with Gasteiger partial charge in [-0.1, -0.05) is 146 Å². The molecule has 3 aromatic heterocycles. The maximum Gasteiger partial charge on any atom is 0.0555 e. The van der Waals surface area contributed by atoms with E-state index in [1.165, 1.54) is 85.3 Å². The van der Waals surface area contributed by atoms with Crippen molar-refractivity contribution in [1.82, 2.24) is 9.13 Å². The van der Waals surface area contributed by atoms with E-state index in [-0.39, 0.29) is 0 Å². The highest BCUT2D eigenvalue weighted by Crippen LogP contribution is 2.50. The van der Waals surface area contributed by atoms with Crippen LogP contribution in [-0.4, -0.2) is 9.13 Å². The van der Waals surface area contributed by atoms with Gasteiger partial charge in [-0.15, -0.1) is 11.3 Å². The van der Waals surface area contributed by atoms with Gasteiger partial charge in [0.2, 0.25) is 0 Å². The number of hydrogen-bond acceptors (Lipinski definition) is 3. The fourth-order valence-electron chi connectivity index (χ4n) is 11.5. The molecular weight excluding hydrogens is 905 g/mol. The molecular formula is C68H44N4S. The summed E-state index contributed by atoms with van der Waals surface area (Å²) < 4.78 is 7.48. The molecule has 0 bridgehead atoms. The second-order valence-electron chi connectivity index (χ2n) is 18.9. The summed E-state index contributed by atoms with van der Waals surface area (Å²) >= 11 is 1.93. The van der Waals surface area contributed by atoms with Crippen molar-refractivity contribution in [3.8, 4) is 11.4 Å². The SMILES string of the molecule is c1ccc(N(c2ccc3ccccc3c2)c2ccc3c(c2)c2c4sc5c(ccc6c5c5cc(N(c7ccccc7)c7ccc8ccccc8c7)ccc5n6-c5ccccc5)c4ccc2n3-c2ccccc2)cc1. The summed E-state index contributed by atoms with van der Waals surface area (Å²) in [5.41, 5.74) is 13.7. The number of nitrogens with zero attached hydrogens (tertiary/aromatic N) is 4. The van der Waals surface area contributed by atoms with Crippen LogP contribution in [0.3, 0.4) is 0 Å². The minimum absolute atomic E-state index is 1.11. The van der Waals surface area contributed by atoms with E-state index in [0.29, 0.717) is 0 Å². The number of anilines is 6. The van der Waals surface area contributed by atoms with E-state index in [1.54, 1.807) is 0 Å². The van der Waals surface area contributed by atoms with E-state index in [1.807, 2.05) is 11.3 Å². The lowest BCUT2D eigenvalue weighted by Crippen LogP contribution is -2.09. The standard InChI is InChI=1S/C68H44N4S/c1-5-21-49(22-6-1)69(53-31-29-45-17-13-15-19-47(45)41-53)55-33-37-61-59(43-55)65-63(71(61)51-25-9-3-10-26-51)39-35-57-58-36-40-64-66(68(58)73-67(57)65)60-44-56(34-38-62(60)72(64)52-27-11-4-12-28-52)70(50-23-7-2-8-24-50)54-32-30-46-18-14-16-20-48(46)42-54/h1-44H. The summed E-state index contributed by atoms with van der Waals surface area (Å²) in [6.45, 7) is 0. The molecule has 342 valence electrons. The third-order valence-corrected chi connectivity index (χ3v) is 16.0. The number of para-hydroxylation sites is 4. The molecule has 0 fully saturated rings. The minimum Gasteiger partial charge on any atom is -0.310 e. The summed E-state index contributed by atoms with van der Waals surface area (Å²) in [5, 5.41) is 12.4. The Hall–Kier alpha value is -9.42. The highest BCUT2D eigenvalue weighted by atomic mass is 32.1. The number of aromatic nitrogens is 2. The highest BCUT2D eigenvalue weighted by molar-refractivity contribution is 7.27. The molecule has 0 spiro atoms. The van der Waals surface area contributed by atoms with Crippen molar-refractivity contribution in [2.45, 2.75) is 0 Å². The van der Waals surface area contributed by atoms with Gasteiger partial charge in [-0.3, -0.25) is 0 Å². The van der Waals surface area contributed by atoms with Gasteiger partial charge < -0.3 is 18.9 Å². The zero-order chi connectivity index (χ0) is 48.0. The molecule has 0 saturated carbocycles. The molecule has 0 atom stereocenters. The fourth-order valence-corrected chi connectivity index (χ4v) is 13.0. The molecule has 0 N–H and O–H groups in total. The second kappa shape index (κ2) is 16.6. The van der Waals surface area contributed by atoms with Gasteiger partial charge in [0.15, 0.2) is 0 Å². The largest absolute Gasteiger partial charge is 0.310 e. The second-order valence-corrected chi connectivity index (χ2v) is 19.9. The zero-order valence-corrected chi connectivity index (χ0v) is 40.4. The van der Waals surface area contributed by atoms with E-state index in [4.69, 9.17) is 0 Å². The maximum atomic E-state index is 2.45. The molecule has 4 nitrogen and oxygen atoms in total. The van der Waals surface area contributed by atoms with E-state index in [0.717, 1.165) is 45.5 Å². The fraction of sp³-hybridized carbons (Fsp3) is 0. The first kappa shape index (κ1) is 41.4. The molecule has 0 aliphatic rings. The van der Waals surface area contributed by atoms with Crippen LogP contribution >= 0.6 is 11.3 Å². The molecule has 15 aromatic rings. The molecule has 0 saturated heterocycles. The maximum absolute atomic E-state index is 2.45. The lowest BCUT2D eigenvalue weighted by atomic mass is 10.0. The Morgan fingerprint density at radius 3 is 1.01 bits per heavy atom. The summed E-state index contributed by atoms with van der Waals surface area (Å²) in [5.74, 6) is 0. The lowest BCUT2D eigenvalue weighted by Gasteiger charge is -2.26. The van der Waals surface area contributed by atoms with Crippen LogP contribution in [0.25, 0.3) is 96.7 Å². The Morgan fingerprint density at radius 1 is 0.247 bits per heavy atom. The van der Waals surface area contributed by atoms with Crippen molar-refractivity contribution in [3.63, 3.8) is 0 Å². The van der Waals surface area contributed by atoms with Crippen molar-refractivity contribution < 1.29 is 0 Å². The highest BCUT2D eigenvalue weighted by Gasteiger charge is 2.24. The van der Waals surface area contributed by atoms with E-state index < -0.39 is 0 Å². The van der Waals surface area contributed by atoms with Gasteiger partial charge >= 0.3 is 0 Å². The van der Waals surface area contributed by atoms with Crippen molar-refractivity contribution in [1.29, 1.82) is 0 Å². The van der Waals surface area contributed by atoms with Gasteiger partial charge in [0.1, 0.15) is 0 Å². The van der Waals surface area contributed by atoms with Gasteiger partial charge in [-0.25, -0.2) is 0 Å². The molecule has 3 heterocycles. The van der Waals surface area contributed by atoms with Crippen molar-refractivity contribution in [2.75, 3.05) is 9.80 Å². The van der Waals surface area contributed by atoms with Crippen molar-refractivity contribution >= 4 is 131 Å². The van der Waals surface area contributed by atoms with Gasteiger partial charge in [0.25, 0.3) is 0 Å². The predicted molar refractivity (Wildman–Crippen MR) is 312 cm³/mol. The first-order valence-corrected chi connectivity index (χ1v) is 25.7. The zero-order valence-electron chi connectivity index (χ0n) is 39.6. The predicted octanol–water partition coefficient (Wildman–Crippen LogP) is 19.5. The van der Waals surface area contributed by atoms with Crippen LogP contribution in [0, 0.1) is 0 Å². The number of benzene rings is 12. The third kappa shape index (κ3) is 6.60. The van der Waals surface area contributed by atoms with Gasteiger partial charge in [0, 0.05) is 87.2 Å². The van der Waals surface area contributed by atoms with Crippen LogP contribution in [-0.2, 0) is 0 Å². The van der Waals surface area contributed by atoms with E-state index in [2.05, 4.69) is 286 Å². The van der Waals surface area contributed by atoms with Gasteiger partial charge in [-0.05, 0) is 143 Å². The Labute approximate surface area is 425 Å². The van der Waals surface area contributed by atoms with Crippen LogP contribution in [0.1, 0.15) is 0 Å². The first-order valence-electron chi connectivity index (χ1n) is 24.9. The van der Waals surface area contributed by atoms with Crippen LogP contribution in [0.5, 0.6) is 0 Å². The smallest absolute Gasteiger partial charge is 0.0555 e. The normalized spacial score (nSPS) is 11.8. The number of rotatable bonds is 8. The molecule has 0 amide bonds. The van der Waals surface area contributed by atoms with E-state index >= 15 is 0 Å². The van der Waals surface area contributed by atoms with Crippen LogP contribution < -0.4 is 9.80 Å². The molecule has 5 heteroatoms. The van der Waals surface area contributed by atoms with Crippen LogP contribution in [0.15, 0.2) is 267 Å². The molecule has 12 aromatic carbocycles. The van der Waals surface area contributed by atoms with Gasteiger partial charge in [-0.2, -0.15) is 0 Å². The summed E-state index contributed by atoms with van der Waals surface area (Å²) in [6, 6.07) is 97.6. The lowest BCUT2D eigenvalue weighted by molar-refractivity contribution is 1.18. The molecule has 15 rings (SSSR count). The molecule has 73 heavy (non-hydrogen) atoms. The van der Waals surface area contributed by atoms with E-state index in [9.17, 15) is 0 Å². The first-order chi connectivity index (χ1) is 36.2. The Bertz CT molecular complexity index is 4320. The number of fused-ring (bicyclic) bond motifs is 13.